The first-order chi connectivity index (χ1) is 13.3. The Labute approximate surface area is 167 Å². The van der Waals surface area contributed by atoms with Crippen molar-refractivity contribution in [2.45, 2.75) is 12.3 Å². The standard InChI is InChI=1S/C22H21NO.C2H6S/c24-22(20-14-8-3-9-15-20)23-17-16-21(18-10-4-1-5-11-18)19-12-6-2-7-13-19;1-3-2/h1-15,21H,16-17H2,(H,23,24);1-2H3. The van der Waals surface area contributed by atoms with Crippen molar-refractivity contribution in [1.82, 2.24) is 5.32 Å². The number of hydrogen-bond acceptors (Lipinski definition) is 2. The minimum Gasteiger partial charge on any atom is -0.352 e. The molecular formula is C24H27NOS. The van der Waals surface area contributed by atoms with Crippen molar-refractivity contribution < 1.29 is 4.79 Å². The molecule has 0 atom stereocenters. The van der Waals surface area contributed by atoms with E-state index in [9.17, 15) is 4.79 Å². The Morgan fingerprint density at radius 2 is 1.19 bits per heavy atom. The van der Waals surface area contributed by atoms with Crippen molar-refractivity contribution >= 4 is 17.7 Å². The molecule has 0 unspecified atom stereocenters. The van der Waals surface area contributed by atoms with Crippen molar-refractivity contribution in [3.8, 4) is 0 Å². The summed E-state index contributed by atoms with van der Waals surface area (Å²) in [6.45, 7) is 0.641. The Bertz CT molecular complexity index is 736. The number of thioether (sulfide) groups is 1. The molecule has 1 amide bonds. The maximum absolute atomic E-state index is 12.2. The van der Waals surface area contributed by atoms with Crippen LogP contribution in [0.4, 0.5) is 0 Å². The molecule has 0 aromatic heterocycles. The first-order valence-corrected chi connectivity index (χ1v) is 10.7. The first-order valence-electron chi connectivity index (χ1n) is 9.09. The molecule has 0 aliphatic carbocycles. The van der Waals surface area contributed by atoms with E-state index in [0.29, 0.717) is 12.1 Å². The van der Waals surface area contributed by atoms with Crippen LogP contribution in [-0.4, -0.2) is 25.0 Å². The van der Waals surface area contributed by atoms with E-state index in [-0.39, 0.29) is 11.8 Å². The highest BCUT2D eigenvalue weighted by atomic mass is 32.2. The van der Waals surface area contributed by atoms with Crippen LogP contribution in [-0.2, 0) is 0 Å². The van der Waals surface area contributed by atoms with Crippen molar-refractivity contribution in [3.05, 3.63) is 108 Å². The summed E-state index contributed by atoms with van der Waals surface area (Å²) in [6.07, 6.45) is 4.95. The van der Waals surface area contributed by atoms with Crippen LogP contribution in [0.25, 0.3) is 0 Å². The lowest BCUT2D eigenvalue weighted by molar-refractivity contribution is 0.0953. The van der Waals surface area contributed by atoms with Crippen molar-refractivity contribution in [2.24, 2.45) is 0 Å². The second kappa shape index (κ2) is 12.0. The van der Waals surface area contributed by atoms with E-state index in [1.54, 1.807) is 11.8 Å². The van der Waals surface area contributed by atoms with Gasteiger partial charge in [0, 0.05) is 18.0 Å². The number of hydrogen-bond donors (Lipinski definition) is 1. The molecular weight excluding hydrogens is 350 g/mol. The van der Waals surface area contributed by atoms with Crippen LogP contribution in [0.15, 0.2) is 91.0 Å². The van der Waals surface area contributed by atoms with Crippen molar-refractivity contribution in [1.29, 1.82) is 0 Å². The number of carbonyl (C=O) groups excluding carboxylic acids is 1. The van der Waals surface area contributed by atoms with E-state index in [1.165, 1.54) is 11.1 Å². The average Bonchev–Trinajstić information content (AvgIpc) is 2.73. The van der Waals surface area contributed by atoms with Gasteiger partial charge < -0.3 is 5.32 Å². The SMILES string of the molecule is CSC.O=C(NCCC(c1ccccc1)c1ccccc1)c1ccccc1. The summed E-state index contributed by atoms with van der Waals surface area (Å²) < 4.78 is 0. The zero-order valence-electron chi connectivity index (χ0n) is 16.0. The van der Waals surface area contributed by atoms with Gasteiger partial charge in [-0.1, -0.05) is 78.9 Å². The van der Waals surface area contributed by atoms with Crippen LogP contribution < -0.4 is 5.32 Å². The topological polar surface area (TPSA) is 29.1 Å². The van der Waals surface area contributed by atoms with Gasteiger partial charge in [-0.3, -0.25) is 4.79 Å². The highest BCUT2D eigenvalue weighted by Crippen LogP contribution is 2.27. The molecule has 0 aliphatic heterocycles. The minimum absolute atomic E-state index is 0.0181. The van der Waals surface area contributed by atoms with E-state index in [1.807, 2.05) is 55.0 Å². The number of amides is 1. The van der Waals surface area contributed by atoms with Gasteiger partial charge in [-0.2, -0.15) is 11.8 Å². The molecule has 0 bridgehead atoms. The highest BCUT2D eigenvalue weighted by molar-refractivity contribution is 7.97. The predicted octanol–water partition coefficient (Wildman–Crippen LogP) is 5.62. The third kappa shape index (κ3) is 6.95. The summed E-state index contributed by atoms with van der Waals surface area (Å²) in [5, 5.41) is 3.03. The highest BCUT2D eigenvalue weighted by Gasteiger charge is 2.14. The molecule has 2 nitrogen and oxygen atoms in total. The summed E-state index contributed by atoms with van der Waals surface area (Å²) in [5.74, 6) is 0.263. The monoisotopic (exact) mass is 377 g/mol. The second-order valence-corrected chi connectivity index (χ2v) is 7.01. The lowest BCUT2D eigenvalue weighted by Gasteiger charge is -2.18. The van der Waals surface area contributed by atoms with E-state index in [0.717, 1.165) is 6.42 Å². The molecule has 0 heterocycles. The Kier molecular flexibility index (Phi) is 9.22. The van der Waals surface area contributed by atoms with Gasteiger partial charge in [-0.25, -0.2) is 0 Å². The van der Waals surface area contributed by atoms with E-state index in [4.69, 9.17) is 0 Å². The van der Waals surface area contributed by atoms with Gasteiger partial charge in [-0.15, -0.1) is 0 Å². The fraction of sp³-hybridized carbons (Fsp3) is 0.208. The molecule has 3 aromatic rings. The van der Waals surface area contributed by atoms with E-state index >= 15 is 0 Å². The van der Waals surface area contributed by atoms with Crippen LogP contribution in [0.2, 0.25) is 0 Å². The molecule has 3 rings (SSSR count). The maximum atomic E-state index is 12.2. The molecule has 0 saturated carbocycles. The molecule has 140 valence electrons. The third-order valence-corrected chi connectivity index (χ3v) is 4.16. The molecule has 3 heteroatoms. The van der Waals surface area contributed by atoms with Crippen LogP contribution in [0, 0.1) is 0 Å². The van der Waals surface area contributed by atoms with Gasteiger partial charge in [0.2, 0.25) is 0 Å². The molecule has 27 heavy (non-hydrogen) atoms. The normalized spacial score (nSPS) is 10.0. The molecule has 1 N–H and O–H groups in total. The third-order valence-electron chi connectivity index (χ3n) is 4.16. The van der Waals surface area contributed by atoms with Gasteiger partial charge in [-0.05, 0) is 42.2 Å². The zero-order valence-corrected chi connectivity index (χ0v) is 16.8. The van der Waals surface area contributed by atoms with Crippen LogP contribution >= 0.6 is 11.8 Å². The number of carbonyl (C=O) groups is 1. The lowest BCUT2D eigenvalue weighted by Crippen LogP contribution is -2.25. The fourth-order valence-electron chi connectivity index (χ4n) is 2.92. The van der Waals surface area contributed by atoms with Crippen LogP contribution in [0.5, 0.6) is 0 Å². The average molecular weight is 378 g/mol. The molecule has 3 aromatic carbocycles. The Morgan fingerprint density at radius 1 is 0.778 bits per heavy atom. The van der Waals surface area contributed by atoms with Gasteiger partial charge in [0.1, 0.15) is 0 Å². The molecule has 0 aliphatic rings. The number of nitrogens with one attached hydrogen (secondary N) is 1. The van der Waals surface area contributed by atoms with Gasteiger partial charge in [0.05, 0.1) is 0 Å². The molecule has 0 fully saturated rings. The van der Waals surface area contributed by atoms with Gasteiger partial charge in [0.25, 0.3) is 5.91 Å². The predicted molar refractivity (Wildman–Crippen MR) is 118 cm³/mol. The number of benzene rings is 3. The van der Waals surface area contributed by atoms with Gasteiger partial charge in [0.15, 0.2) is 0 Å². The lowest BCUT2D eigenvalue weighted by atomic mass is 9.88. The number of rotatable bonds is 6. The van der Waals surface area contributed by atoms with Gasteiger partial charge >= 0.3 is 0 Å². The second-order valence-electron chi connectivity index (χ2n) is 6.19. The first kappa shape index (κ1) is 20.8. The van der Waals surface area contributed by atoms with Crippen molar-refractivity contribution in [3.63, 3.8) is 0 Å². The Balaban J connectivity index is 0.000000817. The largest absolute Gasteiger partial charge is 0.352 e. The van der Waals surface area contributed by atoms with E-state index in [2.05, 4.69) is 53.8 Å². The minimum atomic E-state index is -0.0181. The molecule has 0 saturated heterocycles. The summed E-state index contributed by atoms with van der Waals surface area (Å²) in [6, 6.07) is 30.3. The maximum Gasteiger partial charge on any atom is 0.251 e. The molecule has 0 radical (unpaired) electrons. The smallest absolute Gasteiger partial charge is 0.251 e. The Hall–Kier alpha value is -2.52. The fourth-order valence-corrected chi connectivity index (χ4v) is 2.92. The van der Waals surface area contributed by atoms with Crippen LogP contribution in [0.3, 0.4) is 0 Å². The summed E-state index contributed by atoms with van der Waals surface area (Å²) >= 11 is 1.75. The molecule has 0 spiro atoms. The van der Waals surface area contributed by atoms with Crippen molar-refractivity contribution in [2.75, 3.05) is 19.1 Å². The Morgan fingerprint density at radius 3 is 1.63 bits per heavy atom. The summed E-state index contributed by atoms with van der Waals surface area (Å²) in [7, 11) is 0. The van der Waals surface area contributed by atoms with E-state index < -0.39 is 0 Å². The summed E-state index contributed by atoms with van der Waals surface area (Å²) in [4.78, 5) is 12.2. The summed E-state index contributed by atoms with van der Waals surface area (Å²) in [5.41, 5.74) is 3.25. The van der Waals surface area contributed by atoms with Crippen LogP contribution in [0.1, 0.15) is 33.8 Å². The quantitative estimate of drug-likeness (QED) is 0.604. The zero-order chi connectivity index (χ0) is 19.3.